The first-order chi connectivity index (χ1) is 7.66. The first kappa shape index (κ1) is 10.9. The quantitative estimate of drug-likeness (QED) is 0.832. The Bertz CT molecular complexity index is 373. The molecule has 0 spiro atoms. The number of nitrogens with zero attached hydrogens (tertiary/aromatic N) is 3. The molecule has 0 unspecified atom stereocenters. The molecule has 2 rings (SSSR count). The van der Waals surface area contributed by atoms with Gasteiger partial charge in [-0.2, -0.15) is 0 Å². The van der Waals surface area contributed by atoms with Gasteiger partial charge in [0.2, 0.25) is 0 Å². The maximum Gasteiger partial charge on any atom is 0.356 e. The lowest BCUT2D eigenvalue weighted by Crippen LogP contribution is -2.30. The van der Waals surface area contributed by atoms with Crippen molar-refractivity contribution in [2.75, 3.05) is 18.5 Å². The molecule has 0 atom stereocenters. The Labute approximate surface area is 94.1 Å². The summed E-state index contributed by atoms with van der Waals surface area (Å²) in [6.45, 7) is 0.973. The molecule has 5 heteroatoms. The van der Waals surface area contributed by atoms with Crippen LogP contribution >= 0.6 is 0 Å². The van der Waals surface area contributed by atoms with E-state index in [0.717, 1.165) is 18.3 Å². The summed E-state index contributed by atoms with van der Waals surface area (Å²) in [6.07, 6.45) is 3.89. The lowest BCUT2D eigenvalue weighted by Gasteiger charge is -2.30. The Hall–Kier alpha value is -1.65. The maximum absolute atomic E-state index is 10.6. The molecule has 0 bridgehead atoms. The highest BCUT2D eigenvalue weighted by atomic mass is 16.4. The number of aromatic nitrogens is 2. The van der Waals surface area contributed by atoms with Crippen LogP contribution in [0.2, 0.25) is 0 Å². The molecule has 5 nitrogen and oxygen atoms in total. The first-order valence-corrected chi connectivity index (χ1v) is 5.45. The van der Waals surface area contributed by atoms with Crippen LogP contribution in [-0.4, -0.2) is 34.9 Å². The first-order valence-electron chi connectivity index (χ1n) is 5.45. The highest BCUT2D eigenvalue weighted by Gasteiger charge is 2.19. The monoisotopic (exact) mass is 221 g/mol. The van der Waals surface area contributed by atoms with Gasteiger partial charge in [0, 0.05) is 13.6 Å². The van der Waals surface area contributed by atoms with Crippen LogP contribution in [0.5, 0.6) is 0 Å². The van der Waals surface area contributed by atoms with Crippen molar-refractivity contribution in [2.24, 2.45) is 5.92 Å². The van der Waals surface area contributed by atoms with Crippen LogP contribution in [0, 0.1) is 5.92 Å². The van der Waals surface area contributed by atoms with Gasteiger partial charge in [-0.1, -0.05) is 6.42 Å². The molecule has 1 aliphatic rings. The van der Waals surface area contributed by atoms with Crippen molar-refractivity contribution in [3.8, 4) is 0 Å². The minimum atomic E-state index is -1.04. The van der Waals surface area contributed by atoms with Crippen molar-refractivity contribution in [3.63, 3.8) is 0 Å². The van der Waals surface area contributed by atoms with Crippen molar-refractivity contribution in [1.29, 1.82) is 0 Å². The van der Waals surface area contributed by atoms with Gasteiger partial charge in [-0.3, -0.25) is 0 Å². The SMILES string of the molecule is CN(CC1CCC1)c1ccc(C(=O)O)nn1. The zero-order chi connectivity index (χ0) is 11.5. The number of aromatic carboxylic acids is 1. The number of carboxylic acid groups (broad SMARTS) is 1. The molecule has 1 aromatic rings. The molecule has 1 heterocycles. The van der Waals surface area contributed by atoms with E-state index in [9.17, 15) is 4.79 Å². The van der Waals surface area contributed by atoms with Crippen molar-refractivity contribution in [3.05, 3.63) is 17.8 Å². The second-order valence-corrected chi connectivity index (χ2v) is 4.26. The number of carboxylic acids is 1. The summed E-state index contributed by atoms with van der Waals surface area (Å²) in [6, 6.07) is 3.19. The van der Waals surface area contributed by atoms with E-state index in [1.165, 1.54) is 25.3 Å². The highest BCUT2D eigenvalue weighted by molar-refractivity contribution is 5.85. The maximum atomic E-state index is 10.6. The van der Waals surface area contributed by atoms with Crippen molar-refractivity contribution in [2.45, 2.75) is 19.3 Å². The minimum Gasteiger partial charge on any atom is -0.476 e. The Morgan fingerprint density at radius 2 is 2.25 bits per heavy atom. The predicted octanol–water partition coefficient (Wildman–Crippen LogP) is 1.41. The molecule has 1 saturated carbocycles. The molecule has 16 heavy (non-hydrogen) atoms. The molecular formula is C11H15N3O2. The van der Waals surface area contributed by atoms with Crippen LogP contribution in [0.3, 0.4) is 0 Å². The van der Waals surface area contributed by atoms with Crippen LogP contribution in [-0.2, 0) is 0 Å². The van der Waals surface area contributed by atoms with Crippen LogP contribution in [0.4, 0.5) is 5.82 Å². The molecule has 0 radical (unpaired) electrons. The van der Waals surface area contributed by atoms with Gasteiger partial charge in [0.05, 0.1) is 0 Å². The molecule has 1 aromatic heterocycles. The van der Waals surface area contributed by atoms with Gasteiger partial charge in [-0.15, -0.1) is 10.2 Å². The van der Waals surface area contributed by atoms with E-state index >= 15 is 0 Å². The molecule has 1 N–H and O–H groups in total. The number of carbonyl (C=O) groups is 1. The number of hydrogen-bond acceptors (Lipinski definition) is 4. The van der Waals surface area contributed by atoms with E-state index in [4.69, 9.17) is 5.11 Å². The average molecular weight is 221 g/mol. The third kappa shape index (κ3) is 2.29. The molecule has 0 saturated heterocycles. The van der Waals surface area contributed by atoms with Gasteiger partial charge in [0.1, 0.15) is 0 Å². The third-order valence-corrected chi connectivity index (χ3v) is 3.02. The van der Waals surface area contributed by atoms with Gasteiger partial charge in [-0.05, 0) is 30.9 Å². The van der Waals surface area contributed by atoms with E-state index < -0.39 is 5.97 Å². The normalized spacial score (nSPS) is 15.6. The van der Waals surface area contributed by atoms with Crippen LogP contribution < -0.4 is 4.90 Å². The molecule has 0 aromatic carbocycles. The van der Waals surface area contributed by atoms with Crippen LogP contribution in [0.25, 0.3) is 0 Å². The van der Waals surface area contributed by atoms with Crippen molar-refractivity contribution < 1.29 is 9.90 Å². The van der Waals surface area contributed by atoms with E-state index in [0.29, 0.717) is 0 Å². The topological polar surface area (TPSA) is 66.3 Å². The summed E-state index contributed by atoms with van der Waals surface area (Å²) in [5.41, 5.74) is -0.0132. The largest absolute Gasteiger partial charge is 0.476 e. The van der Waals surface area contributed by atoms with Gasteiger partial charge < -0.3 is 10.0 Å². The highest BCUT2D eigenvalue weighted by Crippen LogP contribution is 2.27. The Morgan fingerprint density at radius 3 is 2.69 bits per heavy atom. The summed E-state index contributed by atoms with van der Waals surface area (Å²) in [7, 11) is 1.96. The second kappa shape index (κ2) is 4.47. The summed E-state index contributed by atoms with van der Waals surface area (Å²) >= 11 is 0. The van der Waals surface area contributed by atoms with Gasteiger partial charge in [-0.25, -0.2) is 4.79 Å². The molecule has 86 valence electrons. The van der Waals surface area contributed by atoms with Crippen molar-refractivity contribution in [1.82, 2.24) is 10.2 Å². The van der Waals surface area contributed by atoms with Gasteiger partial charge >= 0.3 is 5.97 Å². The fourth-order valence-electron chi connectivity index (χ4n) is 1.80. The van der Waals surface area contributed by atoms with Crippen LogP contribution in [0.15, 0.2) is 12.1 Å². The van der Waals surface area contributed by atoms with E-state index in [2.05, 4.69) is 10.2 Å². The van der Waals surface area contributed by atoms with Crippen molar-refractivity contribution >= 4 is 11.8 Å². The second-order valence-electron chi connectivity index (χ2n) is 4.26. The van der Waals surface area contributed by atoms with E-state index in [1.807, 2.05) is 11.9 Å². The standard InChI is InChI=1S/C11H15N3O2/c1-14(7-8-3-2-4-8)10-6-5-9(11(15)16)12-13-10/h5-6,8H,2-4,7H2,1H3,(H,15,16). The van der Waals surface area contributed by atoms with E-state index in [-0.39, 0.29) is 5.69 Å². The zero-order valence-corrected chi connectivity index (χ0v) is 9.26. The summed E-state index contributed by atoms with van der Waals surface area (Å²) in [4.78, 5) is 12.6. The smallest absolute Gasteiger partial charge is 0.356 e. The fourth-order valence-corrected chi connectivity index (χ4v) is 1.80. The Morgan fingerprint density at radius 1 is 1.50 bits per heavy atom. The Balaban J connectivity index is 1.99. The lowest BCUT2D eigenvalue weighted by molar-refractivity contribution is 0.0689. The number of hydrogen-bond donors (Lipinski definition) is 1. The molecule has 0 aliphatic heterocycles. The minimum absolute atomic E-state index is 0.0132. The fraction of sp³-hybridized carbons (Fsp3) is 0.545. The average Bonchev–Trinajstić information content (AvgIpc) is 2.23. The lowest BCUT2D eigenvalue weighted by atomic mass is 9.85. The predicted molar refractivity (Wildman–Crippen MR) is 59.6 cm³/mol. The summed E-state index contributed by atoms with van der Waals surface area (Å²) in [5, 5.41) is 16.3. The molecule has 0 amide bonds. The molecular weight excluding hydrogens is 206 g/mol. The Kier molecular flexibility index (Phi) is 3.03. The van der Waals surface area contributed by atoms with E-state index in [1.54, 1.807) is 6.07 Å². The molecule has 1 aliphatic carbocycles. The zero-order valence-electron chi connectivity index (χ0n) is 9.26. The summed E-state index contributed by atoms with van der Waals surface area (Å²) < 4.78 is 0. The number of rotatable bonds is 4. The number of anilines is 1. The molecule has 1 fully saturated rings. The van der Waals surface area contributed by atoms with Crippen LogP contribution in [0.1, 0.15) is 29.8 Å². The van der Waals surface area contributed by atoms with Gasteiger partial charge in [0.15, 0.2) is 11.5 Å². The van der Waals surface area contributed by atoms with Gasteiger partial charge in [0.25, 0.3) is 0 Å². The third-order valence-electron chi connectivity index (χ3n) is 3.02. The summed E-state index contributed by atoms with van der Waals surface area (Å²) in [5.74, 6) is 0.448.